The third-order valence-electron chi connectivity index (χ3n) is 6.84. The Bertz CT molecular complexity index is 1500. The van der Waals surface area contributed by atoms with Crippen molar-refractivity contribution in [3.63, 3.8) is 0 Å². The monoisotopic (exact) mass is 589 g/mol. The molecule has 1 heterocycles. The number of aromatic nitrogens is 2. The smallest absolute Gasteiger partial charge is 0.328 e. The Labute approximate surface area is 248 Å². The van der Waals surface area contributed by atoms with E-state index in [1.807, 2.05) is 35.2 Å². The number of nitrogens with one attached hydrogen (secondary N) is 1. The number of halogens is 2. The van der Waals surface area contributed by atoms with E-state index in [2.05, 4.69) is 10.3 Å². The van der Waals surface area contributed by atoms with Crippen LogP contribution < -0.4 is 5.32 Å². The van der Waals surface area contributed by atoms with Gasteiger partial charge in [-0.2, -0.15) is 11.8 Å². The minimum Gasteiger partial charge on any atom is -0.467 e. The maximum atomic E-state index is 13.7. The highest BCUT2D eigenvalue weighted by molar-refractivity contribution is 7.98. The van der Waals surface area contributed by atoms with Crippen molar-refractivity contribution in [3.05, 3.63) is 125 Å². The summed E-state index contributed by atoms with van der Waals surface area (Å²) < 4.78 is 33.9. The molecule has 0 aliphatic carbocycles. The molecule has 0 radical (unpaired) electrons. The van der Waals surface area contributed by atoms with Crippen LogP contribution in [0.25, 0.3) is 11.6 Å². The fourth-order valence-corrected chi connectivity index (χ4v) is 5.04. The Balaban J connectivity index is 1.70. The second-order valence-electron chi connectivity index (χ2n) is 9.79. The standard InChI is InChI=1S/C33H33F2N3O3S/c1-41-33(40)31(15-18-42-2)37-32(39)30-20-24(4-8-26(30)7-3-23-5-11-28(34)12-6-23)19-27(21-38-17-16-36-22-38)25-9-13-29(35)14-10-25/h4-6,8-14,16-17,19-20,22,31H,3,7,15,18,21H2,1-2H3,(H,37,39)/b27-19-/t31-/m0/s1. The summed E-state index contributed by atoms with van der Waals surface area (Å²) in [5, 5.41) is 2.87. The molecule has 4 rings (SSSR count). The lowest BCUT2D eigenvalue weighted by Crippen LogP contribution is -2.42. The molecular formula is C33H33F2N3O3S. The lowest BCUT2D eigenvalue weighted by molar-refractivity contribution is -0.142. The first-order valence-corrected chi connectivity index (χ1v) is 14.9. The van der Waals surface area contributed by atoms with Crippen LogP contribution >= 0.6 is 11.8 Å². The molecule has 0 spiro atoms. The highest BCUT2D eigenvalue weighted by Gasteiger charge is 2.23. The molecule has 0 aliphatic heterocycles. The van der Waals surface area contributed by atoms with Crippen LogP contribution in [0.2, 0.25) is 0 Å². The molecule has 0 unspecified atom stereocenters. The topological polar surface area (TPSA) is 73.2 Å². The predicted molar refractivity (Wildman–Crippen MR) is 163 cm³/mol. The zero-order valence-electron chi connectivity index (χ0n) is 23.6. The molecule has 218 valence electrons. The number of hydrogen-bond acceptors (Lipinski definition) is 5. The minimum absolute atomic E-state index is 0.304. The number of nitrogens with zero attached hydrogens (tertiary/aromatic N) is 2. The summed E-state index contributed by atoms with van der Waals surface area (Å²) >= 11 is 1.58. The number of benzene rings is 3. The third kappa shape index (κ3) is 8.63. The molecule has 6 nitrogen and oxygen atoms in total. The number of carbonyl (C=O) groups is 2. The Morgan fingerprint density at radius 3 is 2.38 bits per heavy atom. The number of esters is 1. The SMILES string of the molecule is COC(=O)[C@H](CCSC)NC(=O)c1cc(/C=C(/Cn2ccnc2)c2ccc(F)cc2)ccc1CCc1ccc(F)cc1. The van der Waals surface area contributed by atoms with Gasteiger partial charge in [-0.25, -0.2) is 18.6 Å². The number of rotatable bonds is 13. The predicted octanol–water partition coefficient (Wildman–Crippen LogP) is 6.21. The van der Waals surface area contributed by atoms with Gasteiger partial charge in [-0.15, -0.1) is 0 Å². The van der Waals surface area contributed by atoms with E-state index in [9.17, 15) is 18.4 Å². The lowest BCUT2D eigenvalue weighted by atomic mass is 9.95. The van der Waals surface area contributed by atoms with Gasteiger partial charge in [0, 0.05) is 24.5 Å². The first kappa shape index (κ1) is 30.7. The Hall–Kier alpha value is -4.24. The van der Waals surface area contributed by atoms with E-state index in [0.29, 0.717) is 37.1 Å². The number of carbonyl (C=O) groups excluding carboxylic acids is 2. The average molecular weight is 590 g/mol. The molecule has 0 bridgehead atoms. The van der Waals surface area contributed by atoms with Crippen LogP contribution in [-0.4, -0.2) is 46.6 Å². The van der Waals surface area contributed by atoms with Crippen molar-refractivity contribution in [2.45, 2.75) is 31.8 Å². The first-order chi connectivity index (χ1) is 20.4. The summed E-state index contributed by atoms with van der Waals surface area (Å²) in [6.07, 6.45) is 10.7. The second kappa shape index (κ2) is 15.1. The van der Waals surface area contributed by atoms with E-state index >= 15 is 0 Å². The van der Waals surface area contributed by atoms with Crippen LogP contribution in [0.4, 0.5) is 8.78 Å². The molecule has 0 saturated heterocycles. The van der Waals surface area contributed by atoms with Crippen molar-refractivity contribution in [1.82, 2.24) is 14.9 Å². The summed E-state index contributed by atoms with van der Waals surface area (Å²) in [6.45, 7) is 0.485. The maximum Gasteiger partial charge on any atom is 0.328 e. The van der Waals surface area contributed by atoms with Crippen LogP contribution in [0.15, 0.2) is 85.5 Å². The van der Waals surface area contributed by atoms with Gasteiger partial charge >= 0.3 is 5.97 Å². The molecule has 1 atom stereocenters. The lowest BCUT2D eigenvalue weighted by Gasteiger charge is -2.18. The molecule has 0 fully saturated rings. The van der Waals surface area contributed by atoms with E-state index in [-0.39, 0.29) is 17.5 Å². The first-order valence-electron chi connectivity index (χ1n) is 13.5. The van der Waals surface area contributed by atoms with Gasteiger partial charge in [0.1, 0.15) is 17.7 Å². The maximum absolute atomic E-state index is 13.7. The average Bonchev–Trinajstić information content (AvgIpc) is 3.52. The number of methoxy groups -OCH3 is 1. The van der Waals surface area contributed by atoms with Crippen molar-refractivity contribution in [1.29, 1.82) is 0 Å². The zero-order chi connectivity index (χ0) is 29.9. The largest absolute Gasteiger partial charge is 0.467 e. The molecule has 0 aliphatic rings. The Kier molecular flexibility index (Phi) is 11.1. The van der Waals surface area contributed by atoms with Crippen molar-refractivity contribution in [2.75, 3.05) is 19.1 Å². The van der Waals surface area contributed by atoms with Crippen LogP contribution in [0.1, 0.15) is 39.0 Å². The highest BCUT2D eigenvalue weighted by Crippen LogP contribution is 2.24. The number of amides is 1. The molecule has 1 N–H and O–H groups in total. The second-order valence-corrected chi connectivity index (χ2v) is 10.8. The van der Waals surface area contributed by atoms with Gasteiger partial charge in [0.15, 0.2) is 0 Å². The van der Waals surface area contributed by atoms with Crippen LogP contribution in [0.5, 0.6) is 0 Å². The van der Waals surface area contributed by atoms with Gasteiger partial charge in [0.05, 0.1) is 13.4 Å². The fraction of sp³-hybridized carbons (Fsp3) is 0.242. The van der Waals surface area contributed by atoms with Crippen LogP contribution in [0.3, 0.4) is 0 Å². The number of ether oxygens (including phenoxy) is 1. The van der Waals surface area contributed by atoms with E-state index < -0.39 is 12.0 Å². The molecular weight excluding hydrogens is 556 g/mol. The molecule has 3 aromatic carbocycles. The molecule has 9 heteroatoms. The highest BCUT2D eigenvalue weighted by atomic mass is 32.2. The van der Waals surface area contributed by atoms with Crippen molar-refractivity contribution >= 4 is 35.3 Å². The van der Waals surface area contributed by atoms with Crippen LogP contribution in [0, 0.1) is 11.6 Å². The van der Waals surface area contributed by atoms with Gasteiger partial charge in [0.2, 0.25) is 0 Å². The summed E-state index contributed by atoms with van der Waals surface area (Å²) in [7, 11) is 1.30. The van der Waals surface area contributed by atoms with Gasteiger partial charge in [-0.3, -0.25) is 4.79 Å². The van der Waals surface area contributed by atoms with Gasteiger partial charge in [-0.1, -0.05) is 36.4 Å². The fourth-order valence-electron chi connectivity index (χ4n) is 4.57. The number of aryl methyl sites for hydroxylation is 2. The van der Waals surface area contributed by atoms with Gasteiger partial charge < -0.3 is 14.6 Å². The third-order valence-corrected chi connectivity index (χ3v) is 7.49. The molecule has 42 heavy (non-hydrogen) atoms. The van der Waals surface area contributed by atoms with E-state index in [4.69, 9.17) is 4.74 Å². The number of hydrogen-bond donors (Lipinski definition) is 1. The molecule has 1 aromatic heterocycles. The summed E-state index contributed by atoms with van der Waals surface area (Å²) in [5.74, 6) is -0.835. The number of thioether (sulfide) groups is 1. The normalized spacial score (nSPS) is 12.1. The Morgan fingerprint density at radius 1 is 1.02 bits per heavy atom. The van der Waals surface area contributed by atoms with E-state index in [1.165, 1.54) is 31.4 Å². The van der Waals surface area contributed by atoms with Gasteiger partial charge in [0.25, 0.3) is 5.91 Å². The van der Waals surface area contributed by atoms with Crippen molar-refractivity contribution < 1.29 is 23.1 Å². The quantitative estimate of drug-likeness (QED) is 0.148. The number of allylic oxidation sites excluding steroid dienone is 1. The molecule has 0 saturated carbocycles. The van der Waals surface area contributed by atoms with Crippen LogP contribution in [-0.2, 0) is 28.9 Å². The van der Waals surface area contributed by atoms with E-state index in [0.717, 1.165) is 27.8 Å². The minimum atomic E-state index is -0.782. The van der Waals surface area contributed by atoms with Crippen molar-refractivity contribution in [3.8, 4) is 0 Å². The summed E-state index contributed by atoms with van der Waals surface area (Å²) in [4.78, 5) is 30.2. The summed E-state index contributed by atoms with van der Waals surface area (Å²) in [5.41, 5.74) is 4.66. The van der Waals surface area contributed by atoms with Crippen molar-refractivity contribution in [2.24, 2.45) is 0 Å². The summed E-state index contributed by atoms with van der Waals surface area (Å²) in [6, 6.07) is 17.4. The van der Waals surface area contributed by atoms with E-state index in [1.54, 1.807) is 54.6 Å². The molecule has 1 amide bonds. The molecule has 4 aromatic rings. The number of imidazole rings is 1. The zero-order valence-corrected chi connectivity index (χ0v) is 24.4. The van der Waals surface area contributed by atoms with Gasteiger partial charge in [-0.05, 0) is 95.5 Å². The Morgan fingerprint density at radius 2 is 1.74 bits per heavy atom.